The van der Waals surface area contributed by atoms with Gasteiger partial charge in [0.2, 0.25) is 5.89 Å². The molecular formula is C16H21N3O4S. The highest BCUT2D eigenvalue weighted by atomic mass is 32.2. The molecule has 8 heteroatoms. The van der Waals surface area contributed by atoms with Crippen LogP contribution in [0.1, 0.15) is 42.8 Å². The van der Waals surface area contributed by atoms with Crippen LogP contribution in [0.2, 0.25) is 0 Å². The summed E-state index contributed by atoms with van der Waals surface area (Å²) >= 11 is 0. The summed E-state index contributed by atoms with van der Waals surface area (Å²) < 4.78 is 29.3. The fraction of sp³-hybridized carbons (Fsp3) is 0.438. The van der Waals surface area contributed by atoms with Crippen molar-refractivity contribution in [3.05, 3.63) is 41.5 Å². The summed E-state index contributed by atoms with van der Waals surface area (Å²) in [5, 5.41) is 3.28. The quantitative estimate of drug-likeness (QED) is 0.791. The van der Waals surface area contributed by atoms with Gasteiger partial charge in [0.25, 0.3) is 5.91 Å². The smallest absolute Gasteiger partial charge is 0.254 e. The fourth-order valence-electron chi connectivity index (χ4n) is 2.05. The highest BCUT2D eigenvalue weighted by Crippen LogP contribution is 2.17. The van der Waals surface area contributed by atoms with Gasteiger partial charge in [-0.3, -0.25) is 4.79 Å². The number of aromatic nitrogens is 2. The Labute approximate surface area is 141 Å². The summed E-state index contributed by atoms with van der Waals surface area (Å²) in [6.45, 7) is 5.35. The second kappa shape index (κ2) is 7.12. The van der Waals surface area contributed by atoms with Gasteiger partial charge in [0.05, 0.1) is 16.7 Å². The predicted octanol–water partition coefficient (Wildman–Crippen LogP) is 2.09. The third-order valence-electron chi connectivity index (χ3n) is 3.60. The van der Waals surface area contributed by atoms with Crippen LogP contribution in [0.3, 0.4) is 0 Å². The first-order valence-electron chi connectivity index (χ1n) is 7.66. The maximum atomic E-state index is 12.4. The van der Waals surface area contributed by atoms with E-state index in [1.54, 1.807) is 20.9 Å². The van der Waals surface area contributed by atoms with Gasteiger partial charge in [0.1, 0.15) is 0 Å². The van der Waals surface area contributed by atoms with Crippen LogP contribution in [-0.4, -0.2) is 41.7 Å². The Bertz CT molecular complexity index is 810. The molecule has 2 aromatic rings. The standard InChI is InChI=1S/C16H21N3O4S/c1-5-14-17-15(23-18-14)10-19(4)16(20)12-6-8-13(9-7-12)24(21,22)11(2)3/h6-9,11H,5,10H2,1-4H3. The molecule has 0 aliphatic carbocycles. The van der Waals surface area contributed by atoms with Gasteiger partial charge in [-0.1, -0.05) is 12.1 Å². The van der Waals surface area contributed by atoms with Crippen molar-refractivity contribution < 1.29 is 17.7 Å². The summed E-state index contributed by atoms with van der Waals surface area (Å²) in [5.74, 6) is 0.704. The number of carbonyl (C=O) groups excluding carboxylic acids is 1. The molecule has 0 radical (unpaired) electrons. The molecule has 130 valence electrons. The molecular weight excluding hydrogens is 330 g/mol. The predicted molar refractivity (Wildman–Crippen MR) is 88.2 cm³/mol. The summed E-state index contributed by atoms with van der Waals surface area (Å²) in [7, 11) is -1.72. The Morgan fingerprint density at radius 3 is 2.38 bits per heavy atom. The lowest BCUT2D eigenvalue weighted by atomic mass is 10.2. The summed E-state index contributed by atoms with van der Waals surface area (Å²) in [6, 6.07) is 5.94. The van der Waals surface area contributed by atoms with Crippen molar-refractivity contribution in [1.29, 1.82) is 0 Å². The lowest BCUT2D eigenvalue weighted by Crippen LogP contribution is -2.26. The van der Waals surface area contributed by atoms with Crippen LogP contribution in [0, 0.1) is 0 Å². The van der Waals surface area contributed by atoms with E-state index in [0.29, 0.717) is 23.7 Å². The van der Waals surface area contributed by atoms with Gasteiger partial charge in [-0.05, 0) is 38.1 Å². The topological polar surface area (TPSA) is 93.4 Å². The Kier molecular flexibility index (Phi) is 5.38. The Morgan fingerprint density at radius 2 is 1.88 bits per heavy atom. The maximum Gasteiger partial charge on any atom is 0.254 e. The van der Waals surface area contributed by atoms with E-state index < -0.39 is 15.1 Å². The van der Waals surface area contributed by atoms with Crippen LogP contribution in [0.4, 0.5) is 0 Å². The second-order valence-electron chi connectivity index (χ2n) is 5.74. The Morgan fingerprint density at radius 1 is 1.25 bits per heavy atom. The van der Waals surface area contributed by atoms with E-state index in [-0.39, 0.29) is 17.3 Å². The van der Waals surface area contributed by atoms with Crippen molar-refractivity contribution in [1.82, 2.24) is 15.0 Å². The minimum Gasteiger partial charge on any atom is -0.337 e. The summed E-state index contributed by atoms with van der Waals surface area (Å²) in [5.41, 5.74) is 0.399. The van der Waals surface area contributed by atoms with Gasteiger partial charge >= 0.3 is 0 Å². The van der Waals surface area contributed by atoms with E-state index in [1.165, 1.54) is 29.2 Å². The number of hydrogen-bond acceptors (Lipinski definition) is 6. The van der Waals surface area contributed by atoms with E-state index in [9.17, 15) is 13.2 Å². The number of amides is 1. The molecule has 0 fully saturated rings. The molecule has 1 amide bonds. The molecule has 0 N–H and O–H groups in total. The molecule has 1 aromatic carbocycles. The van der Waals surface area contributed by atoms with Crippen LogP contribution >= 0.6 is 0 Å². The monoisotopic (exact) mass is 351 g/mol. The largest absolute Gasteiger partial charge is 0.337 e. The van der Waals surface area contributed by atoms with Crippen LogP contribution < -0.4 is 0 Å². The highest BCUT2D eigenvalue weighted by molar-refractivity contribution is 7.92. The lowest BCUT2D eigenvalue weighted by molar-refractivity contribution is 0.0769. The minimum atomic E-state index is -3.35. The van der Waals surface area contributed by atoms with Gasteiger partial charge in [-0.2, -0.15) is 4.98 Å². The van der Waals surface area contributed by atoms with Crippen molar-refractivity contribution in [3.8, 4) is 0 Å². The van der Waals surface area contributed by atoms with Gasteiger partial charge in [-0.25, -0.2) is 8.42 Å². The van der Waals surface area contributed by atoms with Crippen LogP contribution in [0.15, 0.2) is 33.7 Å². The van der Waals surface area contributed by atoms with Crippen LogP contribution in [-0.2, 0) is 22.8 Å². The summed E-state index contributed by atoms with van der Waals surface area (Å²) in [6.07, 6.45) is 0.660. The van der Waals surface area contributed by atoms with E-state index in [4.69, 9.17) is 4.52 Å². The maximum absolute atomic E-state index is 12.4. The first-order valence-corrected chi connectivity index (χ1v) is 9.21. The second-order valence-corrected chi connectivity index (χ2v) is 8.24. The number of sulfone groups is 1. The molecule has 0 aliphatic heterocycles. The molecule has 0 unspecified atom stereocenters. The lowest BCUT2D eigenvalue weighted by Gasteiger charge is -2.15. The van der Waals surface area contributed by atoms with E-state index in [1.807, 2.05) is 6.92 Å². The van der Waals surface area contributed by atoms with Gasteiger partial charge in [0.15, 0.2) is 15.7 Å². The van der Waals surface area contributed by atoms with E-state index in [0.717, 1.165) is 0 Å². The van der Waals surface area contributed by atoms with E-state index >= 15 is 0 Å². The first-order chi connectivity index (χ1) is 11.3. The number of rotatable bonds is 6. The number of hydrogen-bond donors (Lipinski definition) is 0. The normalized spacial score (nSPS) is 11.7. The highest BCUT2D eigenvalue weighted by Gasteiger charge is 2.20. The molecule has 1 aromatic heterocycles. The molecule has 0 atom stereocenters. The van der Waals surface area contributed by atoms with E-state index in [2.05, 4.69) is 10.1 Å². The molecule has 2 rings (SSSR count). The molecule has 1 heterocycles. The number of benzene rings is 1. The molecule has 7 nitrogen and oxygen atoms in total. The average Bonchev–Trinajstić information content (AvgIpc) is 3.01. The van der Waals surface area contributed by atoms with Crippen molar-refractivity contribution >= 4 is 15.7 Å². The van der Waals surface area contributed by atoms with Crippen LogP contribution in [0.5, 0.6) is 0 Å². The zero-order valence-corrected chi connectivity index (χ0v) is 15.0. The number of carbonyl (C=O) groups is 1. The number of aryl methyl sites for hydroxylation is 1. The molecule has 0 aliphatic rings. The van der Waals surface area contributed by atoms with Crippen molar-refractivity contribution in [2.45, 2.75) is 43.9 Å². The van der Waals surface area contributed by atoms with Crippen molar-refractivity contribution in [2.24, 2.45) is 0 Å². The molecule has 0 saturated heterocycles. The first kappa shape index (κ1) is 18.1. The fourth-order valence-corrected chi connectivity index (χ4v) is 3.11. The molecule has 24 heavy (non-hydrogen) atoms. The van der Waals surface area contributed by atoms with Gasteiger partial charge < -0.3 is 9.42 Å². The Balaban J connectivity index is 2.12. The van der Waals surface area contributed by atoms with Crippen molar-refractivity contribution in [2.75, 3.05) is 7.05 Å². The molecule has 0 saturated carbocycles. The Hall–Kier alpha value is -2.22. The molecule has 0 bridgehead atoms. The molecule has 0 spiro atoms. The van der Waals surface area contributed by atoms with Crippen LogP contribution in [0.25, 0.3) is 0 Å². The SMILES string of the molecule is CCc1noc(CN(C)C(=O)c2ccc(S(=O)(=O)C(C)C)cc2)n1. The van der Waals surface area contributed by atoms with Gasteiger partial charge in [-0.15, -0.1) is 0 Å². The zero-order chi connectivity index (χ0) is 17.9. The van der Waals surface area contributed by atoms with Gasteiger partial charge in [0, 0.05) is 19.0 Å². The minimum absolute atomic E-state index is 0.192. The third-order valence-corrected chi connectivity index (χ3v) is 5.77. The summed E-state index contributed by atoms with van der Waals surface area (Å²) in [4.78, 5) is 18.2. The third kappa shape index (κ3) is 3.81. The van der Waals surface area contributed by atoms with Crippen molar-refractivity contribution in [3.63, 3.8) is 0 Å². The zero-order valence-electron chi connectivity index (χ0n) is 14.2. The number of nitrogens with zero attached hydrogens (tertiary/aromatic N) is 3. The average molecular weight is 351 g/mol.